The second-order valence-electron chi connectivity index (χ2n) is 14.8. The van der Waals surface area contributed by atoms with Gasteiger partial charge in [-0.15, -0.1) is 0 Å². The van der Waals surface area contributed by atoms with Crippen LogP contribution in [0.2, 0.25) is 0 Å². The molecule has 2 aliphatic rings. The predicted octanol–water partition coefficient (Wildman–Crippen LogP) is 5.65. The zero-order valence-electron chi connectivity index (χ0n) is 31.2. The van der Waals surface area contributed by atoms with Crippen LogP contribution in [-0.2, 0) is 14.3 Å². The van der Waals surface area contributed by atoms with Crippen LogP contribution >= 0.6 is 0 Å². The Bertz CT molecular complexity index is 1960. The van der Waals surface area contributed by atoms with Crippen LogP contribution in [0, 0.1) is 23.7 Å². The maximum atomic E-state index is 13.5. The summed E-state index contributed by atoms with van der Waals surface area (Å²) in [6.07, 6.45) is 4.71. The number of hydrogen-bond acceptors (Lipinski definition) is 7. The van der Waals surface area contributed by atoms with Crippen molar-refractivity contribution in [3.05, 3.63) is 71.4 Å². The number of imidazole rings is 2. The standard InChI is InChI=1S/C40H50N8O4/c1-24(2)34(45-40(51)52-7)38(49)47-20-9-11-33(47)37-42-29-19-16-27(22-30(29)43-37)13-12-26-14-17-28(18-15-26)31-23-41-36(44-31)32-10-8-21-48(32)39(50)35(25(3)4)46(5)6/h14-19,22-25,32-35H,8-11,20-21H2,1-7H3,(H,41,44)(H,42,43)(H,45,51). The number of amides is 3. The molecular weight excluding hydrogens is 656 g/mol. The SMILES string of the molecule is COC(=O)NC(C(=O)N1CCCC1c1nc2ccc(C#Cc3ccc(-c4cnc(C5CCCN5C(=O)C(C(C)C)N(C)C)[nH]4)cc3)cc2[nH]1)C(C)C. The fraction of sp³-hybridized carbons (Fsp3) is 0.475. The largest absolute Gasteiger partial charge is 0.453 e. The van der Waals surface area contributed by atoms with Gasteiger partial charge in [-0.3, -0.25) is 14.5 Å². The quantitative estimate of drug-likeness (QED) is 0.191. The topological polar surface area (TPSA) is 140 Å². The smallest absolute Gasteiger partial charge is 0.407 e. The molecule has 3 amide bonds. The third-order valence-corrected chi connectivity index (χ3v) is 10.2. The summed E-state index contributed by atoms with van der Waals surface area (Å²) in [4.78, 5) is 61.3. The van der Waals surface area contributed by atoms with Gasteiger partial charge in [0, 0.05) is 24.2 Å². The van der Waals surface area contributed by atoms with Crippen LogP contribution in [0.4, 0.5) is 4.79 Å². The predicted molar refractivity (Wildman–Crippen MR) is 200 cm³/mol. The lowest BCUT2D eigenvalue weighted by Gasteiger charge is -2.33. The van der Waals surface area contributed by atoms with Crippen molar-refractivity contribution in [1.82, 2.24) is 40.0 Å². The van der Waals surface area contributed by atoms with Gasteiger partial charge in [-0.2, -0.15) is 0 Å². The molecule has 0 bridgehead atoms. The Morgan fingerprint density at radius 1 is 0.865 bits per heavy atom. The van der Waals surface area contributed by atoms with E-state index in [2.05, 4.69) is 41.0 Å². The summed E-state index contributed by atoms with van der Waals surface area (Å²) in [6.45, 7) is 9.33. The lowest BCUT2D eigenvalue weighted by atomic mass is 10.0. The molecule has 2 saturated heterocycles. The molecule has 2 fully saturated rings. The maximum Gasteiger partial charge on any atom is 0.407 e. The average Bonchev–Trinajstić information content (AvgIpc) is 3.94. The highest BCUT2D eigenvalue weighted by Gasteiger charge is 2.39. The summed E-state index contributed by atoms with van der Waals surface area (Å²) in [6, 6.07) is 12.8. The number of aromatic nitrogens is 4. The number of aromatic amines is 2. The summed E-state index contributed by atoms with van der Waals surface area (Å²) in [7, 11) is 5.23. The van der Waals surface area contributed by atoms with Crippen LogP contribution in [0.5, 0.6) is 0 Å². The Morgan fingerprint density at radius 3 is 2.13 bits per heavy atom. The van der Waals surface area contributed by atoms with Crippen molar-refractivity contribution in [1.29, 1.82) is 0 Å². The number of carbonyl (C=O) groups excluding carboxylic acids is 3. The summed E-state index contributed by atoms with van der Waals surface area (Å²) in [5, 5.41) is 2.70. The number of carbonyl (C=O) groups is 3. The molecule has 2 aromatic carbocycles. The van der Waals surface area contributed by atoms with Crippen molar-refractivity contribution >= 4 is 28.9 Å². The number of fused-ring (bicyclic) bond motifs is 1. The van der Waals surface area contributed by atoms with Crippen molar-refractivity contribution in [2.45, 2.75) is 77.5 Å². The first-order valence-electron chi connectivity index (χ1n) is 18.2. The number of benzene rings is 2. The van der Waals surface area contributed by atoms with E-state index >= 15 is 0 Å². The van der Waals surface area contributed by atoms with E-state index in [9.17, 15) is 14.4 Å². The van der Waals surface area contributed by atoms with Crippen molar-refractivity contribution in [2.75, 3.05) is 34.3 Å². The highest BCUT2D eigenvalue weighted by Crippen LogP contribution is 2.34. The summed E-state index contributed by atoms with van der Waals surface area (Å²) in [5.41, 5.74) is 5.29. The molecule has 4 atom stereocenters. The number of nitrogens with zero attached hydrogens (tertiary/aromatic N) is 5. The van der Waals surface area contributed by atoms with Gasteiger partial charge < -0.3 is 29.8 Å². The molecule has 0 radical (unpaired) electrons. The third kappa shape index (κ3) is 7.70. The Kier molecular flexibility index (Phi) is 11.0. The van der Waals surface area contributed by atoms with Gasteiger partial charge in [-0.05, 0) is 87.5 Å². The van der Waals surface area contributed by atoms with Crippen molar-refractivity contribution in [3.8, 4) is 23.1 Å². The molecule has 12 nitrogen and oxygen atoms in total. The van der Waals surface area contributed by atoms with Gasteiger partial charge >= 0.3 is 6.09 Å². The molecule has 4 unspecified atom stereocenters. The van der Waals surface area contributed by atoms with E-state index in [1.54, 1.807) is 0 Å². The van der Waals surface area contributed by atoms with Gasteiger partial charge in [0.2, 0.25) is 11.8 Å². The average molecular weight is 707 g/mol. The summed E-state index contributed by atoms with van der Waals surface area (Å²) >= 11 is 0. The Hall–Kier alpha value is -5.15. The number of rotatable bonds is 9. The molecule has 0 spiro atoms. The van der Waals surface area contributed by atoms with Crippen molar-refractivity contribution in [2.24, 2.45) is 11.8 Å². The van der Waals surface area contributed by atoms with Crippen LogP contribution in [0.3, 0.4) is 0 Å². The van der Waals surface area contributed by atoms with Crippen LogP contribution in [0.1, 0.15) is 88.2 Å². The second kappa shape index (κ2) is 15.6. The molecule has 274 valence electrons. The van der Waals surface area contributed by atoms with Gasteiger partial charge in [-0.1, -0.05) is 51.7 Å². The maximum absolute atomic E-state index is 13.5. The minimum Gasteiger partial charge on any atom is -0.453 e. The first kappa shape index (κ1) is 36.6. The number of hydrogen-bond donors (Lipinski definition) is 3. The third-order valence-electron chi connectivity index (χ3n) is 10.2. The Balaban J connectivity index is 1.13. The first-order valence-corrected chi connectivity index (χ1v) is 18.2. The molecule has 12 heteroatoms. The number of nitrogens with one attached hydrogen (secondary N) is 3. The fourth-order valence-electron chi connectivity index (χ4n) is 7.57. The second-order valence-corrected chi connectivity index (χ2v) is 14.8. The van der Waals surface area contributed by atoms with Gasteiger partial charge in [0.1, 0.15) is 17.7 Å². The number of ether oxygens (including phenoxy) is 1. The highest BCUT2D eigenvalue weighted by atomic mass is 16.5. The number of methoxy groups -OCH3 is 1. The molecule has 0 saturated carbocycles. The monoisotopic (exact) mass is 706 g/mol. The van der Waals surface area contributed by atoms with Crippen LogP contribution in [0.25, 0.3) is 22.3 Å². The van der Waals surface area contributed by atoms with E-state index < -0.39 is 12.1 Å². The molecule has 2 aromatic heterocycles. The lowest BCUT2D eigenvalue weighted by molar-refractivity contribution is -0.138. The molecule has 3 N–H and O–H groups in total. The molecule has 52 heavy (non-hydrogen) atoms. The molecule has 0 aliphatic carbocycles. The van der Waals surface area contributed by atoms with Gasteiger partial charge in [0.25, 0.3) is 0 Å². The Morgan fingerprint density at radius 2 is 1.50 bits per heavy atom. The Labute approximate surface area is 305 Å². The molecule has 4 aromatic rings. The molecular formula is C40H50N8O4. The number of H-pyrrole nitrogens is 2. The minimum atomic E-state index is -0.684. The van der Waals surface area contributed by atoms with Gasteiger partial charge in [0.15, 0.2) is 0 Å². The van der Waals surface area contributed by atoms with Gasteiger partial charge in [0.05, 0.1) is 48.2 Å². The number of alkyl carbamates (subject to hydrolysis) is 1. The van der Waals surface area contributed by atoms with E-state index in [1.165, 1.54) is 7.11 Å². The number of likely N-dealkylation sites (N-methyl/N-ethyl adjacent to an activating group) is 1. The normalized spacial score (nSPS) is 18.6. The minimum absolute atomic E-state index is 0.0527. The zero-order chi connectivity index (χ0) is 37.1. The highest BCUT2D eigenvalue weighted by molar-refractivity contribution is 5.87. The van der Waals surface area contributed by atoms with Crippen LogP contribution in [0.15, 0.2) is 48.7 Å². The van der Waals surface area contributed by atoms with E-state index in [-0.39, 0.29) is 41.8 Å². The zero-order valence-corrected chi connectivity index (χ0v) is 31.2. The fourth-order valence-corrected chi connectivity index (χ4v) is 7.57. The van der Waals surface area contributed by atoms with E-state index in [4.69, 9.17) is 14.7 Å². The van der Waals surface area contributed by atoms with E-state index in [1.807, 2.05) is 91.3 Å². The van der Waals surface area contributed by atoms with Crippen LogP contribution in [-0.4, -0.2) is 98.9 Å². The van der Waals surface area contributed by atoms with E-state index in [0.29, 0.717) is 6.54 Å². The van der Waals surface area contributed by atoms with Gasteiger partial charge in [-0.25, -0.2) is 14.8 Å². The molecule has 4 heterocycles. The molecule has 2 aliphatic heterocycles. The lowest BCUT2D eigenvalue weighted by Crippen LogP contribution is -2.51. The van der Waals surface area contributed by atoms with Crippen molar-refractivity contribution in [3.63, 3.8) is 0 Å². The van der Waals surface area contributed by atoms with E-state index in [0.717, 1.165) is 77.3 Å². The summed E-state index contributed by atoms with van der Waals surface area (Å²) < 4.78 is 4.75. The van der Waals surface area contributed by atoms with Crippen LogP contribution < -0.4 is 5.32 Å². The first-order chi connectivity index (χ1) is 24.9. The molecule has 6 rings (SSSR count). The van der Waals surface area contributed by atoms with Crippen molar-refractivity contribution < 1.29 is 19.1 Å². The summed E-state index contributed by atoms with van der Waals surface area (Å²) in [5.74, 6) is 8.24. The number of likely N-dealkylation sites (tertiary alicyclic amines) is 2.